The third-order valence-corrected chi connectivity index (χ3v) is 5.85. The number of morpholine rings is 1. The molecule has 24 heavy (non-hydrogen) atoms. The maximum Gasteiger partial charge on any atom is 0.143 e. The van der Waals surface area contributed by atoms with Crippen molar-refractivity contribution in [3.63, 3.8) is 0 Å². The first kappa shape index (κ1) is 18.0. The van der Waals surface area contributed by atoms with Crippen molar-refractivity contribution in [1.29, 1.82) is 0 Å². The zero-order chi connectivity index (χ0) is 17.0. The quantitative estimate of drug-likeness (QED) is 0.799. The van der Waals surface area contributed by atoms with Gasteiger partial charge in [0.15, 0.2) is 0 Å². The third-order valence-electron chi connectivity index (χ3n) is 5.34. The molecule has 0 radical (unpaired) electrons. The highest BCUT2D eigenvalue weighted by molar-refractivity contribution is 6.36. The molecule has 0 bridgehead atoms. The Kier molecular flexibility index (Phi) is 6.03. The lowest BCUT2D eigenvalue weighted by atomic mass is 9.80. The topological polar surface area (TPSA) is 46.3 Å². The average molecular weight is 372 g/mol. The van der Waals surface area contributed by atoms with Gasteiger partial charge in [-0.3, -0.25) is 4.99 Å². The summed E-state index contributed by atoms with van der Waals surface area (Å²) in [4.78, 5) is 6.32. The molecule has 4 nitrogen and oxygen atoms in total. The molecule has 1 aromatic rings. The molecule has 1 saturated heterocycles. The molecule has 3 rings (SSSR count). The SMILES string of the molecule is Oc1c(Cl)cc(Cl)cc1C=NCC1([NH+]2CCOCC2)CCCCC1. The Morgan fingerprint density at radius 1 is 1.17 bits per heavy atom. The van der Waals surface area contributed by atoms with E-state index in [2.05, 4.69) is 0 Å². The second-order valence-corrected chi connectivity index (χ2v) is 7.70. The Morgan fingerprint density at radius 3 is 2.58 bits per heavy atom. The van der Waals surface area contributed by atoms with Crippen molar-refractivity contribution in [2.45, 2.75) is 37.6 Å². The van der Waals surface area contributed by atoms with Gasteiger partial charge in [-0.15, -0.1) is 0 Å². The molecule has 1 saturated carbocycles. The number of aromatic hydroxyl groups is 1. The second kappa shape index (κ2) is 8.05. The number of nitrogens with zero attached hydrogens (tertiary/aromatic N) is 1. The zero-order valence-corrected chi connectivity index (χ0v) is 15.4. The number of quaternary nitrogens is 1. The predicted molar refractivity (Wildman–Crippen MR) is 97.9 cm³/mol. The first-order valence-electron chi connectivity index (χ1n) is 8.71. The van der Waals surface area contributed by atoms with Crippen LogP contribution in [0.25, 0.3) is 0 Å². The molecule has 1 aromatic carbocycles. The number of benzene rings is 1. The highest BCUT2D eigenvalue weighted by atomic mass is 35.5. The van der Waals surface area contributed by atoms with Crippen molar-refractivity contribution in [3.8, 4) is 5.75 Å². The molecule has 6 heteroatoms. The Bertz CT molecular complexity index is 595. The van der Waals surface area contributed by atoms with Crippen LogP contribution in [-0.2, 0) is 4.74 Å². The summed E-state index contributed by atoms with van der Waals surface area (Å²) in [6, 6.07) is 3.23. The molecule has 2 aliphatic rings. The van der Waals surface area contributed by atoms with Gasteiger partial charge in [-0.25, -0.2) is 0 Å². The summed E-state index contributed by atoms with van der Waals surface area (Å²) >= 11 is 12.0. The van der Waals surface area contributed by atoms with Crippen molar-refractivity contribution in [1.82, 2.24) is 0 Å². The molecule has 0 atom stereocenters. The highest BCUT2D eigenvalue weighted by Gasteiger charge is 2.42. The summed E-state index contributed by atoms with van der Waals surface area (Å²) in [5.74, 6) is 0.0428. The summed E-state index contributed by atoms with van der Waals surface area (Å²) < 4.78 is 5.53. The lowest BCUT2D eigenvalue weighted by Gasteiger charge is -2.44. The summed E-state index contributed by atoms with van der Waals surface area (Å²) in [5, 5.41) is 10.8. The maximum atomic E-state index is 10.1. The van der Waals surface area contributed by atoms with Gasteiger partial charge in [0, 0.05) is 29.6 Å². The Labute approximate surface area is 153 Å². The Morgan fingerprint density at radius 2 is 1.88 bits per heavy atom. The minimum atomic E-state index is 0.0428. The summed E-state index contributed by atoms with van der Waals surface area (Å²) in [6.07, 6.45) is 8.00. The van der Waals surface area contributed by atoms with Crippen molar-refractivity contribution >= 4 is 29.4 Å². The predicted octanol–water partition coefficient (Wildman–Crippen LogP) is 2.74. The van der Waals surface area contributed by atoms with E-state index < -0.39 is 0 Å². The minimum absolute atomic E-state index is 0.0428. The van der Waals surface area contributed by atoms with E-state index in [-0.39, 0.29) is 16.3 Å². The van der Waals surface area contributed by atoms with E-state index in [4.69, 9.17) is 32.9 Å². The van der Waals surface area contributed by atoms with E-state index in [9.17, 15) is 5.11 Å². The van der Waals surface area contributed by atoms with Crippen molar-refractivity contribution in [3.05, 3.63) is 27.7 Å². The van der Waals surface area contributed by atoms with Crippen LogP contribution < -0.4 is 4.90 Å². The number of hydrogen-bond donors (Lipinski definition) is 2. The van der Waals surface area contributed by atoms with E-state index in [0.717, 1.165) is 32.8 Å². The molecule has 2 fully saturated rings. The number of halogens is 2. The number of ether oxygens (including phenoxy) is 1. The molecule has 1 aliphatic carbocycles. The molecule has 0 unspecified atom stereocenters. The standard InChI is InChI=1S/C18H24Cl2N2O2/c19-15-10-14(17(23)16(20)11-15)12-21-13-18(4-2-1-3-5-18)22-6-8-24-9-7-22/h10-12,23H,1-9,13H2/p+1. The smallest absolute Gasteiger partial charge is 0.143 e. The van der Waals surface area contributed by atoms with Crippen LogP contribution in [0.2, 0.25) is 10.0 Å². The molecule has 1 aliphatic heterocycles. The number of hydrogen-bond acceptors (Lipinski definition) is 3. The summed E-state index contributed by atoms with van der Waals surface area (Å²) in [5.41, 5.74) is 0.784. The van der Waals surface area contributed by atoms with Crippen LogP contribution in [0.4, 0.5) is 0 Å². The number of phenolic OH excluding ortho intramolecular Hbond substituents is 1. The van der Waals surface area contributed by atoms with Gasteiger partial charge >= 0.3 is 0 Å². The van der Waals surface area contributed by atoms with E-state index in [0.29, 0.717) is 10.6 Å². The normalized spacial score (nSPS) is 22.1. The third kappa shape index (κ3) is 4.05. The molecule has 0 aromatic heterocycles. The van der Waals surface area contributed by atoms with E-state index >= 15 is 0 Å². The van der Waals surface area contributed by atoms with Crippen LogP contribution in [0.5, 0.6) is 5.75 Å². The largest absolute Gasteiger partial charge is 0.506 e. The van der Waals surface area contributed by atoms with Gasteiger partial charge in [-0.05, 0) is 25.0 Å². The van der Waals surface area contributed by atoms with Gasteiger partial charge in [0.25, 0.3) is 0 Å². The van der Waals surface area contributed by atoms with Crippen LogP contribution in [0.15, 0.2) is 17.1 Å². The number of aliphatic imine (C=N–C) groups is 1. The first-order chi connectivity index (χ1) is 11.6. The number of nitrogens with one attached hydrogen (secondary N) is 1. The van der Waals surface area contributed by atoms with Crippen LogP contribution in [0.1, 0.15) is 37.7 Å². The molecular formula is C18H25Cl2N2O2+. The molecular weight excluding hydrogens is 347 g/mol. The van der Waals surface area contributed by atoms with Crippen molar-refractivity contribution in [2.24, 2.45) is 4.99 Å². The number of phenols is 1. The van der Waals surface area contributed by atoms with E-state index in [1.54, 1.807) is 17.2 Å². The Balaban J connectivity index is 1.76. The lowest BCUT2D eigenvalue weighted by Crippen LogP contribution is -3.22. The monoisotopic (exact) mass is 371 g/mol. The lowest BCUT2D eigenvalue weighted by molar-refractivity contribution is -0.959. The van der Waals surface area contributed by atoms with Gasteiger partial charge in [0.1, 0.15) is 24.4 Å². The van der Waals surface area contributed by atoms with Crippen LogP contribution >= 0.6 is 23.2 Å². The molecule has 0 spiro atoms. The van der Waals surface area contributed by atoms with Gasteiger partial charge in [0.05, 0.1) is 24.8 Å². The molecule has 2 N–H and O–H groups in total. The van der Waals surface area contributed by atoms with Crippen LogP contribution in [0, 0.1) is 0 Å². The number of rotatable bonds is 4. The van der Waals surface area contributed by atoms with Crippen LogP contribution in [0.3, 0.4) is 0 Å². The van der Waals surface area contributed by atoms with E-state index in [1.807, 2.05) is 0 Å². The summed E-state index contributed by atoms with van der Waals surface area (Å²) in [6.45, 7) is 4.57. The van der Waals surface area contributed by atoms with Gasteiger partial charge in [-0.1, -0.05) is 29.6 Å². The van der Waals surface area contributed by atoms with E-state index in [1.165, 1.54) is 38.2 Å². The molecule has 132 valence electrons. The highest BCUT2D eigenvalue weighted by Crippen LogP contribution is 2.30. The summed E-state index contributed by atoms with van der Waals surface area (Å²) in [7, 11) is 0. The second-order valence-electron chi connectivity index (χ2n) is 6.85. The van der Waals surface area contributed by atoms with Crippen molar-refractivity contribution in [2.75, 3.05) is 32.8 Å². The van der Waals surface area contributed by atoms with Gasteiger partial charge in [0.2, 0.25) is 0 Å². The van der Waals surface area contributed by atoms with Crippen LogP contribution in [-0.4, -0.2) is 49.7 Å². The van der Waals surface area contributed by atoms with Gasteiger partial charge < -0.3 is 14.7 Å². The fourth-order valence-electron chi connectivity index (χ4n) is 4.00. The molecule has 0 amide bonds. The van der Waals surface area contributed by atoms with Crippen molar-refractivity contribution < 1.29 is 14.7 Å². The average Bonchev–Trinajstić information content (AvgIpc) is 2.60. The first-order valence-corrected chi connectivity index (χ1v) is 9.47. The maximum absolute atomic E-state index is 10.1. The zero-order valence-electron chi connectivity index (χ0n) is 13.9. The van der Waals surface area contributed by atoms with Gasteiger partial charge in [-0.2, -0.15) is 0 Å². The fourth-order valence-corrected chi connectivity index (χ4v) is 4.51. The fraction of sp³-hybridized carbons (Fsp3) is 0.611. The minimum Gasteiger partial charge on any atom is -0.506 e. The Hall–Kier alpha value is -0.810. The molecule has 1 heterocycles.